The van der Waals surface area contributed by atoms with E-state index in [4.69, 9.17) is 4.74 Å². The normalized spacial score (nSPS) is 22.8. The van der Waals surface area contributed by atoms with Gasteiger partial charge >= 0.3 is 0 Å². The Bertz CT molecular complexity index is 1130. The average molecular weight is 413 g/mol. The molecule has 0 saturated carbocycles. The van der Waals surface area contributed by atoms with Gasteiger partial charge in [0.2, 0.25) is 5.88 Å². The first-order valence-electron chi connectivity index (χ1n) is 9.18. The van der Waals surface area contributed by atoms with Gasteiger partial charge in [0.15, 0.2) is 9.84 Å². The Morgan fingerprint density at radius 1 is 1.25 bits per heavy atom. The van der Waals surface area contributed by atoms with Gasteiger partial charge in [-0.1, -0.05) is 6.07 Å². The fourth-order valence-electron chi connectivity index (χ4n) is 4.44. The third kappa shape index (κ3) is 2.77. The van der Waals surface area contributed by atoms with Crippen molar-refractivity contribution in [2.24, 2.45) is 0 Å². The lowest BCUT2D eigenvalue weighted by Crippen LogP contribution is -2.25. The minimum absolute atomic E-state index is 0.0150. The summed E-state index contributed by atoms with van der Waals surface area (Å²) in [6.45, 7) is 2.15. The van der Waals surface area contributed by atoms with Crippen LogP contribution < -0.4 is 4.74 Å². The van der Waals surface area contributed by atoms with Gasteiger partial charge in [0.1, 0.15) is 0 Å². The summed E-state index contributed by atoms with van der Waals surface area (Å²) in [6.07, 6.45) is 1.69. The Morgan fingerprint density at radius 2 is 2.14 bits per heavy atom. The highest BCUT2D eigenvalue weighted by atomic mass is 32.2. The number of rotatable bonds is 4. The lowest BCUT2D eigenvalue weighted by atomic mass is 9.95. The van der Waals surface area contributed by atoms with E-state index in [1.165, 1.54) is 5.56 Å². The van der Waals surface area contributed by atoms with Gasteiger partial charge in [0.05, 0.1) is 17.3 Å². The molecule has 1 aromatic carbocycles. The van der Waals surface area contributed by atoms with E-state index in [9.17, 15) is 8.42 Å². The minimum atomic E-state index is -3.30. The molecule has 7 heteroatoms. The zero-order valence-corrected chi connectivity index (χ0v) is 17.0. The summed E-state index contributed by atoms with van der Waals surface area (Å²) in [5, 5.41) is 3.84. The van der Waals surface area contributed by atoms with Crippen LogP contribution in [0, 0.1) is 0 Å². The second-order valence-corrected chi connectivity index (χ2v) is 10.2. The van der Waals surface area contributed by atoms with E-state index in [1.807, 2.05) is 24.3 Å². The maximum Gasteiger partial charge on any atom is 0.221 e. The summed E-state index contributed by atoms with van der Waals surface area (Å²) in [5.41, 5.74) is 4.00. The van der Waals surface area contributed by atoms with Gasteiger partial charge in [-0.2, -0.15) is 11.3 Å². The molecule has 0 N–H and O–H groups in total. The van der Waals surface area contributed by atoms with Crippen LogP contribution in [0.3, 0.4) is 0 Å². The molecule has 2 atom stereocenters. The number of sulfone groups is 1. The lowest BCUT2D eigenvalue weighted by Gasteiger charge is -2.17. The molecule has 1 saturated heterocycles. The number of benzene rings is 1. The van der Waals surface area contributed by atoms with Crippen molar-refractivity contribution in [3.8, 4) is 17.0 Å². The molecule has 144 valence electrons. The second kappa shape index (κ2) is 6.69. The van der Waals surface area contributed by atoms with Crippen molar-refractivity contribution in [2.75, 3.05) is 20.2 Å². The van der Waals surface area contributed by atoms with Gasteiger partial charge < -0.3 is 4.74 Å². The number of likely N-dealkylation sites (tertiary alicyclic amines) is 1. The SMILES string of the molecule is COc1ncccc1-c1ccc2c(c1)[C@H]1CN(Cc3ccsc3)C[C@H]1S2(=O)=O. The van der Waals surface area contributed by atoms with Crippen molar-refractivity contribution in [1.29, 1.82) is 0 Å². The van der Waals surface area contributed by atoms with Gasteiger partial charge in [-0.3, -0.25) is 4.90 Å². The summed E-state index contributed by atoms with van der Waals surface area (Å²) in [4.78, 5) is 7.02. The van der Waals surface area contributed by atoms with Crippen molar-refractivity contribution in [1.82, 2.24) is 9.88 Å². The molecule has 5 rings (SSSR count). The van der Waals surface area contributed by atoms with Crippen LogP contribution in [-0.4, -0.2) is 43.8 Å². The number of nitrogens with zero attached hydrogens (tertiary/aromatic N) is 2. The van der Waals surface area contributed by atoms with Gasteiger partial charge in [0, 0.05) is 37.3 Å². The van der Waals surface area contributed by atoms with Crippen molar-refractivity contribution < 1.29 is 13.2 Å². The van der Waals surface area contributed by atoms with Crippen LogP contribution in [0.25, 0.3) is 11.1 Å². The minimum Gasteiger partial charge on any atom is -0.481 e. The van der Waals surface area contributed by atoms with Gasteiger partial charge in [-0.25, -0.2) is 13.4 Å². The number of hydrogen-bond donors (Lipinski definition) is 0. The number of pyridine rings is 1. The van der Waals surface area contributed by atoms with Crippen LogP contribution in [0.2, 0.25) is 0 Å². The smallest absolute Gasteiger partial charge is 0.221 e. The Hall–Kier alpha value is -2.22. The third-order valence-electron chi connectivity index (χ3n) is 5.72. The highest BCUT2D eigenvalue weighted by Crippen LogP contribution is 2.46. The zero-order chi connectivity index (χ0) is 19.3. The van der Waals surface area contributed by atoms with Crippen molar-refractivity contribution in [3.63, 3.8) is 0 Å². The van der Waals surface area contributed by atoms with Crippen molar-refractivity contribution in [3.05, 3.63) is 64.5 Å². The maximum atomic E-state index is 13.1. The number of aromatic nitrogens is 1. The summed E-state index contributed by atoms with van der Waals surface area (Å²) < 4.78 is 31.6. The lowest BCUT2D eigenvalue weighted by molar-refractivity contribution is 0.326. The Kier molecular flexibility index (Phi) is 4.26. The quantitative estimate of drug-likeness (QED) is 0.656. The molecule has 0 unspecified atom stereocenters. The van der Waals surface area contributed by atoms with Gasteiger partial charge in [0.25, 0.3) is 0 Å². The predicted molar refractivity (Wildman–Crippen MR) is 110 cm³/mol. The Morgan fingerprint density at radius 3 is 2.93 bits per heavy atom. The van der Waals surface area contributed by atoms with Crippen LogP contribution in [-0.2, 0) is 16.4 Å². The third-order valence-corrected chi connectivity index (χ3v) is 8.71. The maximum absolute atomic E-state index is 13.1. The number of thiophene rings is 1. The van der Waals surface area contributed by atoms with Gasteiger partial charge in [-0.05, 0) is 57.8 Å². The molecule has 0 spiro atoms. The molecule has 2 aliphatic heterocycles. The molecule has 4 heterocycles. The summed E-state index contributed by atoms with van der Waals surface area (Å²) in [7, 11) is -1.70. The van der Waals surface area contributed by atoms with Crippen LogP contribution in [0.5, 0.6) is 5.88 Å². The first-order valence-corrected chi connectivity index (χ1v) is 11.7. The molecule has 5 nitrogen and oxygen atoms in total. The molecule has 28 heavy (non-hydrogen) atoms. The monoisotopic (exact) mass is 412 g/mol. The highest BCUT2D eigenvalue weighted by molar-refractivity contribution is 7.92. The molecule has 3 aromatic rings. The van der Waals surface area contributed by atoms with E-state index in [2.05, 4.69) is 26.7 Å². The predicted octanol–water partition coefficient (Wildman–Crippen LogP) is 3.57. The van der Waals surface area contributed by atoms with E-state index in [1.54, 1.807) is 30.7 Å². The standard InChI is InChI=1S/C21H20N2O3S2/c1-26-21-16(3-2-7-22-21)15-4-5-19-17(9-15)18-11-23(10-14-6-8-27-13-14)12-20(18)28(19,24)25/h2-9,13,18,20H,10-12H2,1H3/t18-,20-/m1/s1. The van der Waals surface area contributed by atoms with Crippen LogP contribution in [0.1, 0.15) is 17.0 Å². The molecule has 0 bridgehead atoms. The highest BCUT2D eigenvalue weighted by Gasteiger charge is 2.50. The number of hydrogen-bond acceptors (Lipinski definition) is 6. The van der Waals surface area contributed by atoms with E-state index >= 15 is 0 Å². The van der Waals surface area contributed by atoms with Crippen molar-refractivity contribution >= 4 is 21.2 Å². The van der Waals surface area contributed by atoms with E-state index in [-0.39, 0.29) is 11.2 Å². The van der Waals surface area contributed by atoms with Crippen LogP contribution in [0.15, 0.2) is 58.3 Å². The largest absolute Gasteiger partial charge is 0.481 e. The second-order valence-electron chi connectivity index (χ2n) is 7.33. The molecule has 0 radical (unpaired) electrons. The van der Waals surface area contributed by atoms with E-state index in [0.717, 1.165) is 29.8 Å². The molecule has 0 amide bonds. The van der Waals surface area contributed by atoms with E-state index < -0.39 is 9.84 Å². The van der Waals surface area contributed by atoms with Crippen LogP contribution in [0.4, 0.5) is 0 Å². The fraction of sp³-hybridized carbons (Fsp3) is 0.286. The first kappa shape index (κ1) is 17.8. The van der Waals surface area contributed by atoms with Gasteiger partial charge in [-0.15, -0.1) is 0 Å². The molecule has 2 aromatic heterocycles. The number of fused-ring (bicyclic) bond motifs is 3. The molecule has 1 fully saturated rings. The fourth-order valence-corrected chi connectivity index (χ4v) is 7.29. The zero-order valence-electron chi connectivity index (χ0n) is 15.4. The summed E-state index contributed by atoms with van der Waals surface area (Å²) in [5.74, 6) is 0.562. The van der Waals surface area contributed by atoms with E-state index in [0.29, 0.717) is 17.3 Å². The Labute approximate surface area is 168 Å². The summed E-state index contributed by atoms with van der Waals surface area (Å²) >= 11 is 1.67. The van der Waals surface area contributed by atoms with Crippen LogP contribution >= 0.6 is 11.3 Å². The molecule has 2 aliphatic rings. The molecular formula is C21H20N2O3S2. The first-order chi connectivity index (χ1) is 13.6. The molecule has 0 aliphatic carbocycles. The average Bonchev–Trinajstić information content (AvgIpc) is 3.41. The topological polar surface area (TPSA) is 59.5 Å². The number of ether oxygens (including phenoxy) is 1. The number of methoxy groups -OCH3 is 1. The Balaban J connectivity index is 1.52. The molecular weight excluding hydrogens is 392 g/mol. The summed E-state index contributed by atoms with van der Waals surface area (Å²) in [6, 6.07) is 11.6. The van der Waals surface area contributed by atoms with Crippen molar-refractivity contribution in [2.45, 2.75) is 22.6 Å².